The number of rotatable bonds is 5. The van der Waals surface area contributed by atoms with Crippen LogP contribution in [0.2, 0.25) is 0 Å². The molecule has 1 aliphatic rings. The van der Waals surface area contributed by atoms with Crippen LogP contribution in [-0.4, -0.2) is 41.4 Å². The number of halogens is 1. The summed E-state index contributed by atoms with van der Waals surface area (Å²) in [5, 5.41) is 0. The topological polar surface area (TPSA) is 36.3 Å². The van der Waals surface area contributed by atoms with Crippen LogP contribution < -0.4 is 0 Å². The highest BCUT2D eigenvalue weighted by Crippen LogP contribution is 2.28. The van der Waals surface area contributed by atoms with E-state index < -0.39 is 0 Å². The maximum absolute atomic E-state index is 5.91. The lowest BCUT2D eigenvalue weighted by molar-refractivity contribution is -0.0292. The molecule has 1 aromatic heterocycles. The van der Waals surface area contributed by atoms with Gasteiger partial charge < -0.3 is 14.0 Å². The molecule has 1 aliphatic heterocycles. The molecule has 0 amide bonds. The van der Waals surface area contributed by atoms with Crippen LogP contribution in [0.4, 0.5) is 0 Å². The van der Waals surface area contributed by atoms with Gasteiger partial charge in [-0.2, -0.15) is 0 Å². The minimum absolute atomic E-state index is 0.246. The van der Waals surface area contributed by atoms with E-state index in [4.69, 9.17) is 26.1 Å². The van der Waals surface area contributed by atoms with Crippen molar-refractivity contribution < 1.29 is 9.47 Å². The van der Waals surface area contributed by atoms with Crippen molar-refractivity contribution in [3.05, 3.63) is 30.1 Å². The number of para-hydroxylation sites is 2. The van der Waals surface area contributed by atoms with Gasteiger partial charge in [0.1, 0.15) is 11.4 Å². The summed E-state index contributed by atoms with van der Waals surface area (Å²) < 4.78 is 13.5. The van der Waals surface area contributed by atoms with Gasteiger partial charge in [-0.3, -0.25) is 0 Å². The zero-order chi connectivity index (χ0) is 14.0. The second kappa shape index (κ2) is 5.72. The van der Waals surface area contributed by atoms with E-state index in [0.717, 1.165) is 42.9 Å². The third-order valence-corrected chi connectivity index (χ3v) is 4.19. The molecule has 20 heavy (non-hydrogen) atoms. The molecule has 2 aromatic rings. The molecule has 0 aliphatic carbocycles. The minimum Gasteiger partial charge on any atom is -0.378 e. The fraction of sp³-hybridized carbons (Fsp3) is 0.533. The number of aromatic nitrogens is 2. The van der Waals surface area contributed by atoms with E-state index >= 15 is 0 Å². The molecule has 108 valence electrons. The Morgan fingerprint density at radius 2 is 2.30 bits per heavy atom. The largest absolute Gasteiger partial charge is 0.378 e. The van der Waals surface area contributed by atoms with Crippen molar-refractivity contribution in [2.24, 2.45) is 0 Å². The molecule has 1 atom stereocenters. The molecule has 0 spiro atoms. The van der Waals surface area contributed by atoms with Gasteiger partial charge in [0.15, 0.2) is 0 Å². The van der Waals surface area contributed by atoms with Crippen LogP contribution in [0.5, 0.6) is 0 Å². The summed E-state index contributed by atoms with van der Waals surface area (Å²) in [5.41, 5.74) is 1.90. The number of ether oxygens (including phenoxy) is 2. The molecule has 1 aromatic carbocycles. The molecule has 5 heteroatoms. The van der Waals surface area contributed by atoms with Crippen molar-refractivity contribution >= 4 is 22.6 Å². The minimum atomic E-state index is -0.246. The lowest BCUT2D eigenvalue weighted by Gasteiger charge is -2.27. The van der Waals surface area contributed by atoms with Gasteiger partial charge in [-0.05, 0) is 12.1 Å². The molecule has 0 saturated carbocycles. The summed E-state index contributed by atoms with van der Waals surface area (Å²) in [6.45, 7) is 2.15. The predicted molar refractivity (Wildman–Crippen MR) is 79.3 cm³/mol. The summed E-state index contributed by atoms with van der Waals surface area (Å²) in [4.78, 5) is 4.69. The predicted octanol–water partition coefficient (Wildman–Crippen LogP) is 2.62. The number of hydrogen-bond acceptors (Lipinski definition) is 3. The first-order chi connectivity index (χ1) is 9.78. The van der Waals surface area contributed by atoms with E-state index in [2.05, 4.69) is 10.6 Å². The molecular formula is C15H19ClN2O2. The summed E-state index contributed by atoms with van der Waals surface area (Å²) in [6.07, 6.45) is 1.67. The number of alkyl halides is 1. The molecule has 0 radical (unpaired) electrons. The van der Waals surface area contributed by atoms with Crippen LogP contribution in [0.1, 0.15) is 12.2 Å². The van der Waals surface area contributed by atoms with E-state index in [-0.39, 0.29) is 5.60 Å². The van der Waals surface area contributed by atoms with Gasteiger partial charge in [0, 0.05) is 32.4 Å². The standard InChI is InChI=1S/C15H19ClN2O2/c1-19-15(7-9-20-11-15)10-18-13-5-3-2-4-12(13)17-14(18)6-8-16/h2-5H,6-11H2,1H3. The van der Waals surface area contributed by atoms with Crippen molar-refractivity contribution in [3.8, 4) is 0 Å². The first-order valence-electron chi connectivity index (χ1n) is 6.91. The second-order valence-corrected chi connectivity index (χ2v) is 5.61. The smallest absolute Gasteiger partial charge is 0.111 e. The van der Waals surface area contributed by atoms with E-state index in [1.165, 1.54) is 0 Å². The van der Waals surface area contributed by atoms with Crippen LogP contribution in [0.3, 0.4) is 0 Å². The lowest BCUT2D eigenvalue weighted by atomic mass is 10.0. The Bertz CT molecular complexity index is 591. The van der Waals surface area contributed by atoms with Crippen molar-refractivity contribution in [1.82, 2.24) is 9.55 Å². The lowest BCUT2D eigenvalue weighted by Crippen LogP contribution is -2.37. The van der Waals surface area contributed by atoms with Crippen molar-refractivity contribution in [3.63, 3.8) is 0 Å². The normalized spacial score (nSPS) is 22.7. The number of hydrogen-bond donors (Lipinski definition) is 0. The summed E-state index contributed by atoms with van der Waals surface area (Å²) in [6, 6.07) is 8.18. The van der Waals surface area contributed by atoms with Gasteiger partial charge in [0.2, 0.25) is 0 Å². The Morgan fingerprint density at radius 1 is 1.45 bits per heavy atom. The van der Waals surface area contributed by atoms with Gasteiger partial charge in [0.05, 0.1) is 24.2 Å². The van der Waals surface area contributed by atoms with Crippen LogP contribution >= 0.6 is 11.6 Å². The number of aryl methyl sites for hydroxylation is 1. The molecule has 3 rings (SSSR count). The van der Waals surface area contributed by atoms with Crippen LogP contribution in [0.25, 0.3) is 11.0 Å². The average molecular weight is 295 g/mol. The highest BCUT2D eigenvalue weighted by molar-refractivity contribution is 6.17. The molecule has 2 heterocycles. The Hall–Kier alpha value is -1.10. The highest BCUT2D eigenvalue weighted by Gasteiger charge is 2.36. The first kappa shape index (κ1) is 13.9. The molecule has 1 fully saturated rings. The first-order valence-corrected chi connectivity index (χ1v) is 7.44. The van der Waals surface area contributed by atoms with Crippen LogP contribution in [0.15, 0.2) is 24.3 Å². The zero-order valence-corrected chi connectivity index (χ0v) is 12.4. The summed E-state index contributed by atoms with van der Waals surface area (Å²) in [7, 11) is 1.76. The van der Waals surface area contributed by atoms with Crippen LogP contribution in [-0.2, 0) is 22.4 Å². The van der Waals surface area contributed by atoms with Gasteiger partial charge >= 0.3 is 0 Å². The quantitative estimate of drug-likeness (QED) is 0.796. The number of imidazole rings is 1. The molecule has 0 N–H and O–H groups in total. The Kier molecular flexibility index (Phi) is 3.96. The average Bonchev–Trinajstić information content (AvgIpc) is 3.07. The Morgan fingerprint density at radius 3 is 3.00 bits per heavy atom. The third-order valence-electron chi connectivity index (χ3n) is 4.00. The zero-order valence-electron chi connectivity index (χ0n) is 11.6. The number of methoxy groups -OCH3 is 1. The third kappa shape index (κ3) is 2.43. The molecule has 0 bridgehead atoms. The van der Waals surface area contributed by atoms with E-state index in [9.17, 15) is 0 Å². The number of nitrogens with zero attached hydrogens (tertiary/aromatic N) is 2. The molecule has 1 saturated heterocycles. The highest BCUT2D eigenvalue weighted by atomic mass is 35.5. The SMILES string of the molecule is COC1(Cn2c(CCCl)nc3ccccc32)CCOC1. The van der Waals surface area contributed by atoms with Crippen molar-refractivity contribution in [2.75, 3.05) is 26.2 Å². The van der Waals surface area contributed by atoms with E-state index in [1.54, 1.807) is 7.11 Å². The Balaban J connectivity index is 2.02. The number of fused-ring (bicyclic) bond motifs is 1. The van der Waals surface area contributed by atoms with Crippen molar-refractivity contribution in [1.29, 1.82) is 0 Å². The summed E-state index contributed by atoms with van der Waals surface area (Å²) >= 11 is 5.91. The molecule has 4 nitrogen and oxygen atoms in total. The van der Waals surface area contributed by atoms with Gasteiger partial charge in [0.25, 0.3) is 0 Å². The summed E-state index contributed by atoms with van der Waals surface area (Å²) in [5.74, 6) is 1.59. The second-order valence-electron chi connectivity index (χ2n) is 5.23. The fourth-order valence-electron chi connectivity index (χ4n) is 2.80. The monoisotopic (exact) mass is 294 g/mol. The number of benzene rings is 1. The van der Waals surface area contributed by atoms with Gasteiger partial charge in [-0.1, -0.05) is 12.1 Å². The Labute approximate surface area is 123 Å². The van der Waals surface area contributed by atoms with E-state index in [1.807, 2.05) is 18.2 Å². The molecule has 1 unspecified atom stereocenters. The van der Waals surface area contributed by atoms with Crippen LogP contribution in [0, 0.1) is 0 Å². The maximum Gasteiger partial charge on any atom is 0.111 e. The van der Waals surface area contributed by atoms with Crippen molar-refractivity contribution in [2.45, 2.75) is 25.0 Å². The maximum atomic E-state index is 5.91. The fourth-order valence-corrected chi connectivity index (χ4v) is 2.97. The van der Waals surface area contributed by atoms with E-state index in [0.29, 0.717) is 12.5 Å². The van der Waals surface area contributed by atoms with Gasteiger partial charge in [-0.15, -0.1) is 11.6 Å². The molecular weight excluding hydrogens is 276 g/mol. The van der Waals surface area contributed by atoms with Gasteiger partial charge in [-0.25, -0.2) is 4.98 Å².